The van der Waals surface area contributed by atoms with Crippen molar-refractivity contribution >= 4 is 28.3 Å². The van der Waals surface area contributed by atoms with Gasteiger partial charge in [-0.05, 0) is 78.1 Å². The van der Waals surface area contributed by atoms with Gasteiger partial charge in [-0.25, -0.2) is 0 Å². The van der Waals surface area contributed by atoms with E-state index in [9.17, 15) is 9.59 Å². The van der Waals surface area contributed by atoms with E-state index in [1.807, 2.05) is 99.6 Å². The molecule has 2 amide bonds. The summed E-state index contributed by atoms with van der Waals surface area (Å²) in [7, 11) is 0. The molecule has 0 aromatic heterocycles. The minimum Gasteiger partial charge on any atom is -0.352 e. The Hall–Kier alpha value is -3.92. The maximum atomic E-state index is 11.6. The van der Waals surface area contributed by atoms with E-state index in [1.165, 1.54) is 38.6 Å². The summed E-state index contributed by atoms with van der Waals surface area (Å²) in [6, 6.07) is 29.2. The van der Waals surface area contributed by atoms with Gasteiger partial charge in [0.1, 0.15) is 0 Å². The molecule has 4 unspecified atom stereocenters. The zero-order valence-corrected chi connectivity index (χ0v) is 33.3. The van der Waals surface area contributed by atoms with E-state index in [4.69, 9.17) is 0 Å². The molecule has 4 aromatic rings. The molecular formula is C45H68N2O2. The smallest absolute Gasteiger partial charge is 0.227 e. The molecule has 4 atom stereocenters. The van der Waals surface area contributed by atoms with Crippen LogP contribution in [0.15, 0.2) is 84.9 Å². The van der Waals surface area contributed by atoms with Gasteiger partial charge >= 0.3 is 0 Å². The van der Waals surface area contributed by atoms with Gasteiger partial charge in [-0.15, -0.1) is 0 Å². The van der Waals surface area contributed by atoms with Crippen LogP contribution in [-0.2, 0) is 16.1 Å². The molecule has 49 heavy (non-hydrogen) atoms. The normalized spacial score (nSPS) is 14.6. The number of nitrogens with one attached hydrogen (secondary N) is 2. The molecule has 270 valence electrons. The van der Waals surface area contributed by atoms with Crippen molar-refractivity contribution in [3.8, 4) is 0 Å². The number of para-hydroxylation sites is 1. The van der Waals surface area contributed by atoms with E-state index in [1.54, 1.807) is 0 Å². The second-order valence-corrected chi connectivity index (χ2v) is 12.1. The van der Waals surface area contributed by atoms with Gasteiger partial charge in [0.05, 0.1) is 0 Å². The third kappa shape index (κ3) is 14.6. The van der Waals surface area contributed by atoms with E-state index in [0.717, 1.165) is 18.5 Å². The van der Waals surface area contributed by atoms with Crippen molar-refractivity contribution in [2.24, 2.45) is 11.8 Å². The summed E-state index contributed by atoms with van der Waals surface area (Å²) in [5, 5.41) is 8.73. The zero-order valence-electron chi connectivity index (χ0n) is 33.3. The fourth-order valence-electron chi connectivity index (χ4n) is 5.39. The highest BCUT2D eigenvalue weighted by Crippen LogP contribution is 2.45. The van der Waals surface area contributed by atoms with E-state index in [2.05, 4.69) is 92.9 Å². The van der Waals surface area contributed by atoms with Crippen molar-refractivity contribution in [2.45, 2.75) is 128 Å². The highest BCUT2D eigenvalue weighted by atomic mass is 16.2. The quantitative estimate of drug-likeness (QED) is 0.206. The van der Waals surface area contributed by atoms with Crippen LogP contribution in [0.2, 0.25) is 0 Å². The Morgan fingerprint density at radius 3 is 1.53 bits per heavy atom. The van der Waals surface area contributed by atoms with Gasteiger partial charge in [0.25, 0.3) is 0 Å². The lowest BCUT2D eigenvalue weighted by atomic mass is 9.94. The fraction of sp³-hybridized carbons (Fsp3) is 0.467. The first-order chi connectivity index (χ1) is 23.5. The molecule has 4 nitrogen and oxygen atoms in total. The van der Waals surface area contributed by atoms with Crippen LogP contribution < -0.4 is 10.6 Å². The Kier molecular flexibility index (Phi) is 23.1. The minimum absolute atomic E-state index is 0.0835. The summed E-state index contributed by atoms with van der Waals surface area (Å²) in [5.74, 6) is 1.77. The predicted molar refractivity (Wildman–Crippen MR) is 217 cm³/mol. The summed E-state index contributed by atoms with van der Waals surface area (Å²) in [4.78, 5) is 23.0. The molecule has 0 aliphatic heterocycles. The summed E-state index contributed by atoms with van der Waals surface area (Å²) >= 11 is 0. The Labute approximate surface area is 300 Å². The van der Waals surface area contributed by atoms with Crippen molar-refractivity contribution in [2.75, 3.05) is 5.32 Å². The van der Waals surface area contributed by atoms with Gasteiger partial charge < -0.3 is 10.6 Å². The average molecular weight is 669 g/mol. The van der Waals surface area contributed by atoms with E-state index in [-0.39, 0.29) is 23.7 Å². The minimum atomic E-state index is 0.0835. The molecule has 0 bridgehead atoms. The highest BCUT2D eigenvalue weighted by molar-refractivity contribution is 5.92. The molecule has 0 radical (unpaired) electrons. The molecular weight excluding hydrogens is 601 g/mol. The lowest BCUT2D eigenvalue weighted by molar-refractivity contribution is -0.124. The molecule has 0 heterocycles. The van der Waals surface area contributed by atoms with E-state index in [0.29, 0.717) is 18.4 Å². The van der Waals surface area contributed by atoms with Crippen LogP contribution in [0.1, 0.15) is 136 Å². The van der Waals surface area contributed by atoms with Gasteiger partial charge in [0.15, 0.2) is 0 Å². The number of hydrogen-bond donors (Lipinski definition) is 2. The van der Waals surface area contributed by atoms with Crippen molar-refractivity contribution in [3.05, 3.63) is 113 Å². The Bertz CT molecular complexity index is 1430. The van der Waals surface area contributed by atoms with Crippen molar-refractivity contribution in [3.63, 3.8) is 0 Å². The van der Waals surface area contributed by atoms with Gasteiger partial charge in [0, 0.05) is 24.1 Å². The topological polar surface area (TPSA) is 58.2 Å². The molecule has 2 N–H and O–H groups in total. The van der Waals surface area contributed by atoms with Gasteiger partial charge in [-0.2, -0.15) is 0 Å². The lowest BCUT2D eigenvalue weighted by Crippen LogP contribution is -2.28. The maximum absolute atomic E-state index is 11.6. The summed E-state index contributed by atoms with van der Waals surface area (Å²) in [6.07, 6.45) is 1.76. The first-order valence-electron chi connectivity index (χ1n) is 18.8. The average Bonchev–Trinajstić information content (AvgIpc) is 3.39. The fourth-order valence-corrected chi connectivity index (χ4v) is 5.39. The molecule has 4 aromatic carbocycles. The zero-order chi connectivity index (χ0) is 37.5. The van der Waals surface area contributed by atoms with Crippen LogP contribution in [0.3, 0.4) is 0 Å². The van der Waals surface area contributed by atoms with Gasteiger partial charge in [-0.1, -0.05) is 167 Å². The number of amides is 2. The highest BCUT2D eigenvalue weighted by Gasteiger charge is 2.27. The van der Waals surface area contributed by atoms with Crippen molar-refractivity contribution < 1.29 is 9.59 Å². The largest absolute Gasteiger partial charge is 0.352 e. The SMILES string of the molecule is CC.CC.CC.CC1c2cccc3cccc(c23)C1C.CCC(C)C(=O)NCc1cc(C)cc(C)c1.CCC(C)C(=O)Nc1ccccc1. The first-order valence-corrected chi connectivity index (χ1v) is 18.8. The van der Waals surface area contributed by atoms with Gasteiger partial charge in [0.2, 0.25) is 11.8 Å². The van der Waals surface area contributed by atoms with Crippen LogP contribution in [0.4, 0.5) is 5.69 Å². The number of carbonyl (C=O) groups excluding carboxylic acids is 2. The lowest BCUT2D eigenvalue weighted by Gasteiger charge is -2.10. The van der Waals surface area contributed by atoms with Crippen LogP contribution >= 0.6 is 0 Å². The molecule has 1 aliphatic rings. The monoisotopic (exact) mass is 669 g/mol. The van der Waals surface area contributed by atoms with E-state index >= 15 is 0 Å². The molecule has 1 aliphatic carbocycles. The van der Waals surface area contributed by atoms with Crippen LogP contribution in [0, 0.1) is 25.7 Å². The summed E-state index contributed by atoms with van der Waals surface area (Å²) in [5.41, 5.74) is 7.60. The van der Waals surface area contributed by atoms with Crippen LogP contribution in [0.25, 0.3) is 10.8 Å². The first kappa shape index (κ1) is 45.1. The number of rotatable bonds is 7. The maximum Gasteiger partial charge on any atom is 0.227 e. The Morgan fingerprint density at radius 2 is 1.08 bits per heavy atom. The molecule has 0 saturated carbocycles. The summed E-state index contributed by atoms with van der Waals surface area (Å²) in [6.45, 7) is 29.4. The van der Waals surface area contributed by atoms with Gasteiger partial charge in [-0.3, -0.25) is 9.59 Å². The second kappa shape index (κ2) is 25.1. The molecule has 0 fully saturated rings. The standard InChI is InChI=1S/C14H21NO.C14H14.C11H15NO.3C2H6/c1-5-12(4)14(16)15-9-13-7-10(2)6-11(3)8-13;1-9-10(2)13-8-4-6-11-5-3-7-12(9)14(11)13;1-3-9(2)11(13)12-10-7-5-4-6-8-10;3*1-2/h6-8,12H,5,9H2,1-4H3,(H,15,16);3-10H,1-2H3;4-9H,3H2,1-2H3,(H,12,13);3*1-2H3. The molecule has 5 rings (SSSR count). The van der Waals surface area contributed by atoms with Crippen LogP contribution in [-0.4, -0.2) is 11.8 Å². The van der Waals surface area contributed by atoms with Crippen molar-refractivity contribution in [1.82, 2.24) is 5.32 Å². The number of hydrogen-bond acceptors (Lipinski definition) is 2. The summed E-state index contributed by atoms with van der Waals surface area (Å²) < 4.78 is 0. The van der Waals surface area contributed by atoms with Crippen LogP contribution in [0.5, 0.6) is 0 Å². The third-order valence-corrected chi connectivity index (χ3v) is 8.61. The number of anilines is 1. The number of aryl methyl sites for hydroxylation is 2. The van der Waals surface area contributed by atoms with Crippen molar-refractivity contribution in [1.29, 1.82) is 0 Å². The molecule has 0 spiro atoms. The Morgan fingerprint density at radius 1 is 0.633 bits per heavy atom. The number of benzene rings is 4. The number of carbonyl (C=O) groups is 2. The molecule has 0 saturated heterocycles. The third-order valence-electron chi connectivity index (χ3n) is 8.61. The Balaban J connectivity index is 0.000000656. The predicted octanol–water partition coefficient (Wildman–Crippen LogP) is 12.8. The molecule has 4 heteroatoms. The second-order valence-electron chi connectivity index (χ2n) is 12.1. The van der Waals surface area contributed by atoms with E-state index < -0.39 is 0 Å².